The molecule has 0 unspecified atom stereocenters. The Bertz CT molecular complexity index is 2400. The number of carbonyl (C=O) groups is 2. The second-order valence-electron chi connectivity index (χ2n) is 15.7. The molecular formula is C42H51B2BrN10O6. The van der Waals surface area contributed by atoms with Gasteiger partial charge in [0.1, 0.15) is 22.9 Å². The van der Waals surface area contributed by atoms with Gasteiger partial charge in [-0.1, -0.05) is 15.9 Å². The van der Waals surface area contributed by atoms with Crippen LogP contribution in [0.25, 0.3) is 11.1 Å². The predicted octanol–water partition coefficient (Wildman–Crippen LogP) is 5.64. The van der Waals surface area contributed by atoms with Crippen LogP contribution in [0, 0.1) is 53.8 Å². The van der Waals surface area contributed by atoms with Crippen LogP contribution in [0.3, 0.4) is 0 Å². The molecule has 7 rings (SSSR count). The molecule has 3 aromatic rings. The molecule has 2 fully saturated rings. The highest BCUT2D eigenvalue weighted by Crippen LogP contribution is 2.41. The number of hydrogen-bond acceptors (Lipinski definition) is 12. The summed E-state index contributed by atoms with van der Waals surface area (Å²) in [7, 11) is -1.76. The number of amidine groups is 1. The summed E-state index contributed by atoms with van der Waals surface area (Å²) in [5.74, 6) is -0.0866. The summed E-state index contributed by atoms with van der Waals surface area (Å²) in [6.07, 6.45) is 8.31. The van der Waals surface area contributed by atoms with Gasteiger partial charge in [0.05, 0.1) is 35.6 Å². The van der Waals surface area contributed by atoms with Gasteiger partial charge in [-0.25, -0.2) is 0 Å². The lowest BCUT2D eigenvalue weighted by atomic mass is 9.73. The first-order valence-electron chi connectivity index (χ1n) is 19.9. The number of aromatic nitrogens is 2. The first-order valence-corrected chi connectivity index (χ1v) is 20.7. The summed E-state index contributed by atoms with van der Waals surface area (Å²) >= 11 is 3.46. The van der Waals surface area contributed by atoms with E-state index in [1.165, 1.54) is 6.20 Å². The second-order valence-corrected chi connectivity index (χ2v) is 16.6. The number of allylic oxidation sites excluding steroid dienone is 4. The van der Waals surface area contributed by atoms with E-state index >= 15 is 0 Å². The van der Waals surface area contributed by atoms with Gasteiger partial charge in [0, 0.05) is 39.7 Å². The van der Waals surface area contributed by atoms with Crippen LogP contribution < -0.4 is 37.1 Å². The van der Waals surface area contributed by atoms with Crippen molar-refractivity contribution in [3.05, 3.63) is 85.5 Å². The largest absolute Gasteiger partial charge is 0.555 e. The molecule has 3 heterocycles. The third kappa shape index (κ3) is 10.3. The lowest BCUT2D eigenvalue weighted by Crippen LogP contribution is -2.32. The van der Waals surface area contributed by atoms with Gasteiger partial charge < -0.3 is 47.2 Å². The van der Waals surface area contributed by atoms with E-state index in [0.717, 1.165) is 98.8 Å². The van der Waals surface area contributed by atoms with E-state index < -0.39 is 26.1 Å². The number of fused-ring (bicyclic) bond motifs is 2. The van der Waals surface area contributed by atoms with Gasteiger partial charge in [0.25, 0.3) is 11.8 Å². The van der Waals surface area contributed by atoms with Crippen molar-refractivity contribution in [3.8, 4) is 23.6 Å². The highest BCUT2D eigenvalue weighted by molar-refractivity contribution is 9.10. The second kappa shape index (κ2) is 19.6. The SMILES string of the molecule is CC1=C(C)c2cc(Br)cc(C)c2OB1O.CC1=C(C)c2cc(Nc3nn([C@H]4CCC[C@@H]4C#N)cc3C(N)=O)cc(C)c2OB1O.N#C[C@H]1CCC[C@@H]1N/C=C(\C(=N)N)C(N)=O. The van der Waals surface area contributed by atoms with Gasteiger partial charge in [0.2, 0.25) is 0 Å². The molecule has 2 saturated carbocycles. The number of carbonyl (C=O) groups excluding carboxylic acids is 2. The van der Waals surface area contributed by atoms with Crippen LogP contribution in [-0.2, 0) is 4.79 Å². The lowest BCUT2D eigenvalue weighted by Gasteiger charge is -2.25. The highest BCUT2D eigenvalue weighted by Gasteiger charge is 2.33. The Morgan fingerprint density at radius 2 is 1.44 bits per heavy atom. The molecule has 4 aliphatic rings. The summed E-state index contributed by atoms with van der Waals surface area (Å²) < 4.78 is 13.9. The zero-order valence-electron chi connectivity index (χ0n) is 35.1. The third-order valence-corrected chi connectivity index (χ3v) is 12.1. The maximum Gasteiger partial charge on any atom is 0.555 e. The van der Waals surface area contributed by atoms with E-state index in [4.69, 9.17) is 37.2 Å². The normalized spacial score (nSPS) is 20.3. The van der Waals surface area contributed by atoms with Crippen LogP contribution in [0.15, 0.2) is 57.7 Å². The molecular weight excluding hydrogens is 842 g/mol. The molecule has 2 amide bonds. The fourth-order valence-electron chi connectivity index (χ4n) is 7.81. The molecule has 0 spiro atoms. The van der Waals surface area contributed by atoms with Crippen molar-refractivity contribution in [2.24, 2.45) is 29.0 Å². The monoisotopic (exact) mass is 892 g/mol. The number of nitrogens with two attached hydrogens (primary N) is 3. The lowest BCUT2D eigenvalue weighted by molar-refractivity contribution is -0.114. The number of primary amides is 2. The van der Waals surface area contributed by atoms with E-state index in [1.807, 2.05) is 65.8 Å². The van der Waals surface area contributed by atoms with Gasteiger partial charge in [-0.05, 0) is 138 Å². The molecule has 2 aliphatic heterocycles. The summed E-state index contributed by atoms with van der Waals surface area (Å²) in [6.45, 7) is 11.5. The van der Waals surface area contributed by atoms with E-state index in [-0.39, 0.29) is 40.9 Å². The number of anilines is 2. The van der Waals surface area contributed by atoms with Crippen LogP contribution in [0.4, 0.5) is 11.5 Å². The zero-order valence-corrected chi connectivity index (χ0v) is 36.7. The number of rotatable bonds is 8. The standard InChI is InChI=1S/C21H24BN5O3.C11H12BBrO2.C10H15N5O/c1-11-7-15(8-16-12(2)13(3)22(29)30-19(11)16)25-21-17(20(24)28)10-27(26-21)18-6-4-5-14(18)9-23;1-6-4-9(13)5-10-7(2)8(3)12(14)15-11(6)10;11-4-6-2-1-3-8(6)15-5-7(9(12)13)10(14)16/h7-8,10,14,18,29H,4-6H2,1-3H3,(H2,24,28)(H,25,26);4-5,14H,1-3H3;5-6,8,15H,1-3H2,(H3,12,13)(H2,14,16)/b;;7-5+/t14-,18+;;6-,8+/m1.1/s1. The van der Waals surface area contributed by atoms with Crippen LogP contribution in [0.2, 0.25) is 0 Å². The molecule has 0 radical (unpaired) electrons. The fraction of sp³-hybridized carbons (Fsp3) is 0.381. The Morgan fingerprint density at radius 3 is 2.00 bits per heavy atom. The van der Waals surface area contributed by atoms with Crippen molar-refractivity contribution in [2.75, 3.05) is 5.32 Å². The molecule has 0 saturated heterocycles. The summed E-state index contributed by atoms with van der Waals surface area (Å²) in [4.78, 5) is 23.0. The van der Waals surface area contributed by atoms with Crippen molar-refractivity contribution in [2.45, 2.75) is 92.2 Å². The number of aryl methyl sites for hydroxylation is 2. The summed E-state index contributed by atoms with van der Waals surface area (Å²) in [6, 6.07) is 12.3. The number of nitrogens with zero attached hydrogens (tertiary/aromatic N) is 4. The number of hydrogen-bond donors (Lipinski definition) is 8. The Kier molecular flexibility index (Phi) is 14.8. The highest BCUT2D eigenvalue weighted by atomic mass is 79.9. The Hall–Kier alpha value is -6.01. The molecule has 61 heavy (non-hydrogen) atoms. The average Bonchev–Trinajstić information content (AvgIpc) is 3.98. The molecule has 11 N–H and O–H groups in total. The number of nitriles is 2. The quantitative estimate of drug-likeness (QED) is 0.0590. The molecule has 16 nitrogen and oxygen atoms in total. The maximum absolute atomic E-state index is 12.0. The van der Waals surface area contributed by atoms with Gasteiger partial charge in [-0.2, -0.15) is 15.6 Å². The van der Waals surface area contributed by atoms with Crippen molar-refractivity contribution < 1.29 is 28.9 Å². The Balaban J connectivity index is 0.000000192. The van der Waals surface area contributed by atoms with Gasteiger partial charge in [0.15, 0.2) is 5.82 Å². The zero-order chi connectivity index (χ0) is 44.9. The van der Waals surface area contributed by atoms with E-state index in [9.17, 15) is 24.9 Å². The minimum atomic E-state index is -0.952. The Labute approximate surface area is 364 Å². The van der Waals surface area contributed by atoms with Crippen LogP contribution in [-0.4, -0.2) is 57.8 Å². The Morgan fingerprint density at radius 1 is 0.885 bits per heavy atom. The molecule has 1 aromatic heterocycles. The van der Waals surface area contributed by atoms with Crippen LogP contribution >= 0.6 is 15.9 Å². The van der Waals surface area contributed by atoms with Crippen LogP contribution in [0.5, 0.6) is 11.5 Å². The van der Waals surface area contributed by atoms with Crippen molar-refractivity contribution in [3.63, 3.8) is 0 Å². The topological polar surface area (TPSA) is 284 Å². The van der Waals surface area contributed by atoms with E-state index in [2.05, 4.69) is 43.8 Å². The first kappa shape index (κ1) is 46.1. The van der Waals surface area contributed by atoms with Crippen LogP contribution in [0.1, 0.15) is 105 Å². The maximum atomic E-state index is 12.0. The number of amides is 2. The van der Waals surface area contributed by atoms with Crippen molar-refractivity contribution >= 4 is 70.5 Å². The summed E-state index contributed by atoms with van der Waals surface area (Å²) in [5.41, 5.74) is 24.3. The van der Waals surface area contributed by atoms with E-state index in [0.29, 0.717) is 11.6 Å². The molecule has 0 bridgehead atoms. The molecule has 2 aromatic carbocycles. The number of benzene rings is 2. The summed E-state index contributed by atoms with van der Waals surface area (Å²) in [5, 5.41) is 55.9. The van der Waals surface area contributed by atoms with Gasteiger partial charge in [-0.15, -0.1) is 0 Å². The van der Waals surface area contributed by atoms with Crippen molar-refractivity contribution in [1.29, 1.82) is 15.9 Å². The molecule has 2 aliphatic carbocycles. The number of nitrogens with one attached hydrogen (secondary N) is 3. The number of halogens is 1. The minimum absolute atomic E-state index is 0.0127. The molecule has 19 heteroatoms. The first-order chi connectivity index (χ1) is 28.9. The fourth-order valence-corrected chi connectivity index (χ4v) is 8.38. The predicted molar refractivity (Wildman–Crippen MR) is 239 cm³/mol. The van der Waals surface area contributed by atoms with E-state index in [1.54, 1.807) is 10.9 Å². The van der Waals surface area contributed by atoms with Gasteiger partial charge >= 0.3 is 14.2 Å². The van der Waals surface area contributed by atoms with Gasteiger partial charge in [-0.3, -0.25) is 19.7 Å². The average molecular weight is 893 g/mol. The third-order valence-electron chi connectivity index (χ3n) is 11.6. The molecule has 318 valence electrons. The van der Waals surface area contributed by atoms with Crippen molar-refractivity contribution in [1.82, 2.24) is 15.1 Å². The minimum Gasteiger partial charge on any atom is -0.532 e. The molecule has 4 atom stereocenters. The smallest absolute Gasteiger partial charge is 0.532 e.